The Bertz CT molecular complexity index is 505. The Morgan fingerprint density at radius 2 is 1.59 bits per heavy atom. The molecule has 2 atom stereocenters. The van der Waals surface area contributed by atoms with Crippen molar-refractivity contribution in [2.45, 2.75) is 40.5 Å². The first-order valence-corrected chi connectivity index (χ1v) is 7.72. The third-order valence-electron chi connectivity index (χ3n) is 3.73. The molecule has 0 saturated carbocycles. The summed E-state index contributed by atoms with van der Waals surface area (Å²) in [6, 6.07) is 2.83. The van der Waals surface area contributed by atoms with E-state index in [4.69, 9.17) is 15.2 Å². The lowest BCUT2D eigenvalue weighted by Crippen LogP contribution is -2.11. The topological polar surface area (TPSA) is 87.6 Å². The average Bonchev–Trinajstić information content (AvgIpc) is 2.50. The largest absolute Gasteiger partial charge is 0.491 e. The highest BCUT2D eigenvalue weighted by molar-refractivity contribution is 5.64. The number of hydrogen-bond acceptors (Lipinski definition) is 5. The van der Waals surface area contributed by atoms with E-state index in [1.807, 2.05) is 13.8 Å². The smallest absolute Gasteiger partial charge is 0.313 e. The minimum Gasteiger partial charge on any atom is -0.491 e. The number of nitrogen functional groups attached to an aromatic ring is 1. The molecule has 0 amide bonds. The first kappa shape index (κ1) is 18.1. The quantitative estimate of drug-likeness (QED) is 0.422. The van der Waals surface area contributed by atoms with Gasteiger partial charge in [-0.15, -0.1) is 0 Å². The summed E-state index contributed by atoms with van der Waals surface area (Å²) in [4.78, 5) is 10.7. The molecule has 0 bridgehead atoms. The van der Waals surface area contributed by atoms with Crippen molar-refractivity contribution in [2.75, 3.05) is 18.9 Å². The molecular weight excluding hydrogens is 284 g/mol. The van der Waals surface area contributed by atoms with Crippen molar-refractivity contribution in [3.63, 3.8) is 0 Å². The Morgan fingerprint density at radius 1 is 1.09 bits per heavy atom. The van der Waals surface area contributed by atoms with Crippen LogP contribution in [0.15, 0.2) is 12.1 Å². The van der Waals surface area contributed by atoms with Gasteiger partial charge in [0.05, 0.1) is 23.8 Å². The minimum absolute atomic E-state index is 0.128. The van der Waals surface area contributed by atoms with E-state index >= 15 is 0 Å². The fourth-order valence-electron chi connectivity index (χ4n) is 1.65. The van der Waals surface area contributed by atoms with Crippen molar-refractivity contribution < 1.29 is 14.4 Å². The lowest BCUT2D eigenvalue weighted by molar-refractivity contribution is -0.385. The number of anilines is 1. The van der Waals surface area contributed by atoms with Gasteiger partial charge in [-0.1, -0.05) is 40.5 Å². The average molecular weight is 310 g/mol. The zero-order chi connectivity index (χ0) is 16.7. The Kier molecular flexibility index (Phi) is 6.95. The number of ether oxygens (including phenoxy) is 2. The maximum atomic E-state index is 11.1. The zero-order valence-corrected chi connectivity index (χ0v) is 13.8. The van der Waals surface area contributed by atoms with Crippen molar-refractivity contribution in [1.82, 2.24) is 0 Å². The maximum absolute atomic E-state index is 11.1. The molecule has 0 radical (unpaired) electrons. The molecule has 22 heavy (non-hydrogen) atoms. The molecule has 0 aromatic heterocycles. The Morgan fingerprint density at radius 3 is 2.05 bits per heavy atom. The number of benzene rings is 1. The summed E-state index contributed by atoms with van der Waals surface area (Å²) in [5.41, 5.74) is 5.98. The highest BCUT2D eigenvalue weighted by atomic mass is 16.6. The van der Waals surface area contributed by atoms with E-state index in [0.29, 0.717) is 30.8 Å². The molecule has 124 valence electrons. The Hall–Kier alpha value is -1.98. The van der Waals surface area contributed by atoms with Gasteiger partial charge < -0.3 is 15.2 Å². The summed E-state index contributed by atoms with van der Waals surface area (Å²) in [7, 11) is 0. The van der Waals surface area contributed by atoms with Crippen LogP contribution in [0.4, 0.5) is 11.4 Å². The van der Waals surface area contributed by atoms with Crippen LogP contribution in [0.25, 0.3) is 0 Å². The van der Waals surface area contributed by atoms with E-state index < -0.39 is 4.92 Å². The molecule has 1 rings (SSSR count). The number of nitro groups is 1. The summed E-state index contributed by atoms with van der Waals surface area (Å²) in [5, 5.41) is 11.1. The molecule has 0 heterocycles. The molecule has 0 spiro atoms. The number of hydrogen-bond donors (Lipinski definition) is 1. The number of nitro benzene ring substituents is 1. The van der Waals surface area contributed by atoms with Gasteiger partial charge in [0.15, 0.2) is 0 Å². The van der Waals surface area contributed by atoms with E-state index in [2.05, 4.69) is 13.8 Å². The third-order valence-corrected chi connectivity index (χ3v) is 3.73. The first-order valence-electron chi connectivity index (χ1n) is 7.72. The predicted octanol–water partition coefficient (Wildman–Crippen LogP) is 4.03. The maximum Gasteiger partial charge on any atom is 0.313 e. The zero-order valence-electron chi connectivity index (χ0n) is 13.8. The second-order valence-corrected chi connectivity index (χ2v) is 5.76. The molecule has 0 aliphatic heterocycles. The van der Waals surface area contributed by atoms with Crippen molar-refractivity contribution in [3.05, 3.63) is 22.2 Å². The van der Waals surface area contributed by atoms with Crippen LogP contribution in [0.2, 0.25) is 0 Å². The molecule has 2 N–H and O–H groups in total. The van der Waals surface area contributed by atoms with Crippen LogP contribution in [-0.4, -0.2) is 18.1 Å². The van der Waals surface area contributed by atoms with Crippen LogP contribution >= 0.6 is 0 Å². The Balaban J connectivity index is 2.97. The van der Waals surface area contributed by atoms with Gasteiger partial charge in [-0.2, -0.15) is 0 Å². The summed E-state index contributed by atoms with van der Waals surface area (Å²) in [6.45, 7) is 9.17. The predicted molar refractivity (Wildman–Crippen MR) is 87.4 cm³/mol. The second-order valence-electron chi connectivity index (χ2n) is 5.76. The first-order chi connectivity index (χ1) is 10.4. The summed E-state index contributed by atoms with van der Waals surface area (Å²) in [5.74, 6) is 1.35. The van der Waals surface area contributed by atoms with Crippen LogP contribution in [0.1, 0.15) is 40.5 Å². The van der Waals surface area contributed by atoms with Gasteiger partial charge in [-0.05, 0) is 11.8 Å². The van der Waals surface area contributed by atoms with Gasteiger partial charge in [0.1, 0.15) is 5.75 Å². The van der Waals surface area contributed by atoms with Crippen LogP contribution < -0.4 is 15.2 Å². The van der Waals surface area contributed by atoms with E-state index in [-0.39, 0.29) is 17.1 Å². The van der Waals surface area contributed by atoms with Gasteiger partial charge in [0, 0.05) is 12.1 Å². The normalized spacial score (nSPS) is 13.5. The summed E-state index contributed by atoms with van der Waals surface area (Å²) >= 11 is 0. The lowest BCUT2D eigenvalue weighted by Gasteiger charge is -2.15. The van der Waals surface area contributed by atoms with Gasteiger partial charge in [-0.25, -0.2) is 0 Å². The van der Waals surface area contributed by atoms with Crippen molar-refractivity contribution in [2.24, 2.45) is 11.8 Å². The highest BCUT2D eigenvalue weighted by Crippen LogP contribution is 2.36. The molecule has 0 aliphatic carbocycles. The highest BCUT2D eigenvalue weighted by Gasteiger charge is 2.20. The van der Waals surface area contributed by atoms with E-state index in [1.165, 1.54) is 12.1 Å². The van der Waals surface area contributed by atoms with E-state index in [0.717, 1.165) is 12.8 Å². The van der Waals surface area contributed by atoms with Crippen molar-refractivity contribution >= 4 is 11.4 Å². The van der Waals surface area contributed by atoms with Crippen LogP contribution in [0.3, 0.4) is 0 Å². The standard InChI is InChI=1S/C16H26N2O4/c1-5-11(3)9-21-15-8-16(22-10-12(4)6-2)14(18(19)20)7-13(15)17/h7-8,11-12H,5-6,9-10,17H2,1-4H3/t11-,12-/m1/s1. The van der Waals surface area contributed by atoms with Gasteiger partial charge in [0.2, 0.25) is 5.75 Å². The molecule has 6 heteroatoms. The number of rotatable bonds is 9. The molecule has 1 aromatic carbocycles. The summed E-state index contributed by atoms with van der Waals surface area (Å²) in [6.07, 6.45) is 1.93. The SMILES string of the molecule is CC[C@@H](C)COc1cc(OC[C@H](C)CC)c([N+](=O)[O-])cc1N. The van der Waals surface area contributed by atoms with Crippen molar-refractivity contribution in [3.8, 4) is 11.5 Å². The number of nitrogens with zero attached hydrogens (tertiary/aromatic N) is 1. The summed E-state index contributed by atoms with van der Waals surface area (Å²) < 4.78 is 11.3. The lowest BCUT2D eigenvalue weighted by atomic mass is 10.1. The monoisotopic (exact) mass is 310 g/mol. The van der Waals surface area contributed by atoms with Gasteiger partial charge >= 0.3 is 5.69 Å². The molecule has 0 saturated heterocycles. The molecule has 0 aliphatic rings. The van der Waals surface area contributed by atoms with Gasteiger partial charge in [0.25, 0.3) is 0 Å². The fraction of sp³-hybridized carbons (Fsp3) is 0.625. The molecular formula is C16H26N2O4. The van der Waals surface area contributed by atoms with Gasteiger partial charge in [-0.3, -0.25) is 10.1 Å². The number of nitrogens with two attached hydrogens (primary N) is 1. The molecule has 1 aromatic rings. The fourth-order valence-corrected chi connectivity index (χ4v) is 1.65. The van der Waals surface area contributed by atoms with E-state index in [1.54, 1.807) is 0 Å². The van der Waals surface area contributed by atoms with Crippen molar-refractivity contribution in [1.29, 1.82) is 0 Å². The minimum atomic E-state index is -0.485. The third kappa shape index (κ3) is 5.09. The van der Waals surface area contributed by atoms with Crippen LogP contribution in [-0.2, 0) is 0 Å². The van der Waals surface area contributed by atoms with Crippen LogP contribution in [0.5, 0.6) is 11.5 Å². The second kappa shape index (κ2) is 8.46. The van der Waals surface area contributed by atoms with Crippen LogP contribution in [0, 0.1) is 22.0 Å². The molecule has 6 nitrogen and oxygen atoms in total. The van der Waals surface area contributed by atoms with E-state index in [9.17, 15) is 10.1 Å². The molecule has 0 unspecified atom stereocenters. The Labute approximate surface area is 131 Å². The molecule has 0 fully saturated rings.